The molecule has 3 aliphatic carbocycles. The third-order valence-electron chi connectivity index (χ3n) is 7.53. The van der Waals surface area contributed by atoms with Gasteiger partial charge >= 0.3 is 5.97 Å². The molecule has 4 aliphatic rings. The van der Waals surface area contributed by atoms with E-state index in [0.717, 1.165) is 32.7 Å². The van der Waals surface area contributed by atoms with Gasteiger partial charge in [0.1, 0.15) is 16.4 Å². The summed E-state index contributed by atoms with van der Waals surface area (Å²) in [4.78, 5) is 38.6. The van der Waals surface area contributed by atoms with Gasteiger partial charge in [-0.2, -0.15) is 0 Å². The number of hydrogen-bond donors (Lipinski definition) is 0. The molecule has 1 saturated heterocycles. The number of amides is 2. The first-order valence-electron chi connectivity index (χ1n) is 11.6. The average Bonchev–Trinajstić information content (AvgIpc) is 3.16. The molecule has 0 N–H and O–H groups in total. The summed E-state index contributed by atoms with van der Waals surface area (Å²) in [7, 11) is 0. The molecule has 1 aliphatic heterocycles. The van der Waals surface area contributed by atoms with Gasteiger partial charge in [0.2, 0.25) is 11.8 Å². The molecule has 7 rings (SSSR count). The smallest absolute Gasteiger partial charge is 0.307 e. The molecule has 5 nitrogen and oxygen atoms in total. The van der Waals surface area contributed by atoms with Crippen molar-refractivity contribution in [2.75, 3.05) is 6.54 Å². The summed E-state index contributed by atoms with van der Waals surface area (Å²) in [5.74, 6) is -3.10. The standard InChI is InChI=1S/C28H20Cl3NO4/c29-17-11-9-16(10-12-17)15-36-22(33)13-14-32-25(34)23-24(26(32)35)28(31)19-6-2-1-5-18(19)27(23,30)20-7-3-4-8-21(20)28/h1-12,23-24H,13-15H2/t23-,24+,27?,28?. The lowest BCUT2D eigenvalue weighted by atomic mass is 9.54. The van der Waals surface area contributed by atoms with Gasteiger partial charge in [-0.3, -0.25) is 19.3 Å². The lowest BCUT2D eigenvalue weighted by Crippen LogP contribution is -2.57. The average molecular weight is 541 g/mol. The van der Waals surface area contributed by atoms with Gasteiger partial charge in [-0.05, 0) is 39.9 Å². The molecule has 3 aromatic rings. The molecule has 8 heteroatoms. The zero-order valence-corrected chi connectivity index (χ0v) is 21.2. The highest BCUT2D eigenvalue weighted by Crippen LogP contribution is 2.69. The SMILES string of the molecule is O=C(CCN1C(=O)[C@@H]2[C@H](C1=O)C1(Cl)c3ccccc3C2(Cl)c2ccccc21)OCc1ccc(Cl)cc1. The number of rotatable bonds is 5. The lowest BCUT2D eigenvalue weighted by molar-refractivity contribution is -0.146. The Morgan fingerprint density at radius 3 is 1.67 bits per heavy atom. The van der Waals surface area contributed by atoms with Gasteiger partial charge in [-0.15, -0.1) is 23.2 Å². The Morgan fingerprint density at radius 2 is 1.22 bits per heavy atom. The summed E-state index contributed by atoms with van der Waals surface area (Å²) in [6.07, 6.45) is -0.130. The summed E-state index contributed by atoms with van der Waals surface area (Å²) in [6.45, 7) is -0.0277. The Labute approximate surface area is 222 Å². The van der Waals surface area contributed by atoms with E-state index in [1.54, 1.807) is 24.3 Å². The van der Waals surface area contributed by atoms with Crippen LogP contribution in [0.4, 0.5) is 0 Å². The van der Waals surface area contributed by atoms with Crippen molar-refractivity contribution >= 4 is 52.6 Å². The second-order valence-corrected chi connectivity index (χ2v) is 11.0. The fraction of sp³-hybridized carbons (Fsp3) is 0.250. The molecule has 1 fully saturated rings. The van der Waals surface area contributed by atoms with Crippen LogP contribution in [0.15, 0.2) is 72.8 Å². The molecule has 182 valence electrons. The van der Waals surface area contributed by atoms with Crippen LogP contribution in [-0.2, 0) is 35.5 Å². The van der Waals surface area contributed by atoms with Crippen molar-refractivity contribution in [2.24, 2.45) is 11.8 Å². The highest BCUT2D eigenvalue weighted by atomic mass is 35.5. The summed E-state index contributed by atoms with van der Waals surface area (Å²) in [5, 5.41) is 0.588. The van der Waals surface area contributed by atoms with Crippen LogP contribution in [0.1, 0.15) is 34.2 Å². The first-order chi connectivity index (χ1) is 17.3. The Hall–Kier alpha value is -2.86. The molecule has 0 saturated carbocycles. The number of carbonyl (C=O) groups excluding carboxylic acids is 3. The number of alkyl halides is 2. The normalized spacial score (nSPS) is 27.5. The van der Waals surface area contributed by atoms with Gasteiger partial charge in [-0.1, -0.05) is 72.3 Å². The molecule has 2 amide bonds. The van der Waals surface area contributed by atoms with Gasteiger partial charge < -0.3 is 4.74 Å². The molecule has 2 atom stereocenters. The number of ether oxygens (including phenoxy) is 1. The number of imide groups is 1. The number of hydrogen-bond acceptors (Lipinski definition) is 4. The van der Waals surface area contributed by atoms with Gasteiger partial charge in [0.05, 0.1) is 18.3 Å². The van der Waals surface area contributed by atoms with Crippen molar-refractivity contribution in [3.63, 3.8) is 0 Å². The zero-order chi connectivity index (χ0) is 25.2. The largest absolute Gasteiger partial charge is 0.461 e. The molecule has 1 heterocycles. The van der Waals surface area contributed by atoms with Gasteiger partial charge in [0, 0.05) is 11.6 Å². The molecule has 2 bridgehead atoms. The van der Waals surface area contributed by atoms with Crippen LogP contribution >= 0.6 is 34.8 Å². The van der Waals surface area contributed by atoms with E-state index in [1.807, 2.05) is 48.5 Å². The number of esters is 1. The minimum absolute atomic E-state index is 0.0728. The van der Waals surface area contributed by atoms with Crippen molar-refractivity contribution in [1.82, 2.24) is 4.90 Å². The molecule has 0 aromatic heterocycles. The fourth-order valence-corrected chi connectivity index (χ4v) is 7.19. The maximum Gasteiger partial charge on any atom is 0.307 e. The maximum absolute atomic E-state index is 13.7. The van der Waals surface area contributed by atoms with Crippen LogP contribution in [0.5, 0.6) is 0 Å². The van der Waals surface area contributed by atoms with E-state index in [9.17, 15) is 14.4 Å². The number of likely N-dealkylation sites (tertiary alicyclic amines) is 1. The number of carbonyl (C=O) groups is 3. The van der Waals surface area contributed by atoms with E-state index in [2.05, 4.69) is 0 Å². The topological polar surface area (TPSA) is 63.7 Å². The van der Waals surface area contributed by atoms with Crippen LogP contribution in [0.2, 0.25) is 5.02 Å². The van der Waals surface area contributed by atoms with Crippen molar-refractivity contribution in [2.45, 2.75) is 22.8 Å². The third-order valence-corrected chi connectivity index (χ3v) is 9.07. The van der Waals surface area contributed by atoms with Crippen LogP contribution in [-0.4, -0.2) is 29.2 Å². The van der Waals surface area contributed by atoms with Crippen LogP contribution in [0, 0.1) is 11.8 Å². The quantitative estimate of drug-likeness (QED) is 0.248. The summed E-state index contributed by atoms with van der Waals surface area (Å²) >= 11 is 20.6. The molecule has 0 spiro atoms. The van der Waals surface area contributed by atoms with Crippen LogP contribution in [0.3, 0.4) is 0 Å². The first-order valence-corrected chi connectivity index (χ1v) is 12.7. The van der Waals surface area contributed by atoms with E-state index in [0.29, 0.717) is 5.02 Å². The number of halogens is 3. The Balaban J connectivity index is 1.28. The fourth-order valence-electron chi connectivity index (χ4n) is 5.96. The summed E-state index contributed by atoms with van der Waals surface area (Å²) in [6, 6.07) is 21.9. The number of nitrogens with zero attached hydrogens (tertiary/aromatic N) is 1. The van der Waals surface area contributed by atoms with Crippen molar-refractivity contribution in [3.8, 4) is 0 Å². The molecule has 0 radical (unpaired) electrons. The first kappa shape index (κ1) is 23.5. The predicted molar refractivity (Wildman–Crippen MR) is 136 cm³/mol. The van der Waals surface area contributed by atoms with Gasteiger partial charge in [-0.25, -0.2) is 0 Å². The Morgan fingerprint density at radius 1 is 0.778 bits per heavy atom. The molecule has 3 aromatic carbocycles. The van der Waals surface area contributed by atoms with E-state index in [-0.39, 0.29) is 19.6 Å². The highest BCUT2D eigenvalue weighted by molar-refractivity contribution is 6.36. The third kappa shape index (κ3) is 3.13. The monoisotopic (exact) mass is 539 g/mol. The van der Waals surface area contributed by atoms with Crippen molar-refractivity contribution < 1.29 is 19.1 Å². The molecule has 0 unspecified atom stereocenters. The molecular formula is C28H20Cl3NO4. The minimum Gasteiger partial charge on any atom is -0.461 e. The zero-order valence-electron chi connectivity index (χ0n) is 18.9. The van der Waals surface area contributed by atoms with E-state index in [4.69, 9.17) is 39.5 Å². The minimum atomic E-state index is -1.23. The second-order valence-electron chi connectivity index (χ2n) is 9.34. The van der Waals surface area contributed by atoms with Gasteiger partial charge in [0.25, 0.3) is 0 Å². The lowest BCUT2D eigenvalue weighted by Gasteiger charge is -2.54. The number of benzene rings is 3. The van der Waals surface area contributed by atoms with Crippen LogP contribution in [0.25, 0.3) is 0 Å². The van der Waals surface area contributed by atoms with E-state index < -0.39 is 39.4 Å². The summed E-state index contributed by atoms with van der Waals surface area (Å²) < 4.78 is 5.33. The molecule has 36 heavy (non-hydrogen) atoms. The van der Waals surface area contributed by atoms with E-state index in [1.165, 1.54) is 0 Å². The van der Waals surface area contributed by atoms with Crippen molar-refractivity contribution in [3.05, 3.63) is 106 Å². The predicted octanol–water partition coefficient (Wildman–Crippen LogP) is 5.37. The van der Waals surface area contributed by atoms with Crippen LogP contribution < -0.4 is 0 Å². The molecular weight excluding hydrogens is 521 g/mol. The Bertz CT molecular complexity index is 1300. The Kier molecular flexibility index (Phi) is 5.45. The second kappa shape index (κ2) is 8.34. The van der Waals surface area contributed by atoms with Crippen molar-refractivity contribution in [1.29, 1.82) is 0 Å². The van der Waals surface area contributed by atoms with E-state index >= 15 is 0 Å². The summed E-state index contributed by atoms with van der Waals surface area (Å²) in [5.41, 5.74) is 3.75. The highest BCUT2D eigenvalue weighted by Gasteiger charge is 2.72. The maximum atomic E-state index is 13.7. The van der Waals surface area contributed by atoms with Gasteiger partial charge in [0.15, 0.2) is 0 Å².